The predicted octanol–water partition coefficient (Wildman–Crippen LogP) is 4.04. The average Bonchev–Trinajstić information content (AvgIpc) is 3.11. The number of amides is 1. The van der Waals surface area contributed by atoms with Crippen LogP contribution in [0.1, 0.15) is 23.5 Å². The summed E-state index contributed by atoms with van der Waals surface area (Å²) in [5.41, 5.74) is 0.913. The maximum atomic E-state index is 12.9. The van der Waals surface area contributed by atoms with Crippen LogP contribution >= 0.6 is 22.9 Å². The molecule has 152 valence electrons. The number of ether oxygens (including phenoxy) is 2. The van der Waals surface area contributed by atoms with E-state index in [2.05, 4.69) is 4.72 Å². The first-order valence-corrected chi connectivity index (χ1v) is 11.5. The van der Waals surface area contributed by atoms with Gasteiger partial charge >= 0.3 is 6.09 Å². The zero-order valence-electron chi connectivity index (χ0n) is 15.5. The third kappa shape index (κ3) is 4.43. The number of hydrogen-bond donors (Lipinski definition) is 1. The van der Waals surface area contributed by atoms with Crippen LogP contribution in [0.2, 0.25) is 5.02 Å². The van der Waals surface area contributed by atoms with Crippen molar-refractivity contribution in [3.8, 4) is 0 Å². The van der Waals surface area contributed by atoms with E-state index < -0.39 is 22.2 Å². The lowest BCUT2D eigenvalue weighted by atomic mass is 10.2. The van der Waals surface area contributed by atoms with Gasteiger partial charge in [-0.3, -0.25) is 4.72 Å². The van der Waals surface area contributed by atoms with E-state index in [1.54, 1.807) is 42.3 Å². The summed E-state index contributed by atoms with van der Waals surface area (Å²) >= 11 is 7.44. The van der Waals surface area contributed by atoms with Crippen LogP contribution in [0.15, 0.2) is 34.5 Å². The second-order valence-corrected chi connectivity index (χ2v) is 9.18. The van der Waals surface area contributed by atoms with Crippen molar-refractivity contribution >= 4 is 44.7 Å². The summed E-state index contributed by atoms with van der Waals surface area (Å²) in [5.74, 6) is 0. The van der Waals surface area contributed by atoms with Crippen molar-refractivity contribution in [1.29, 1.82) is 0 Å². The molecule has 1 N–H and O–H groups in total. The fraction of sp³-hybridized carbons (Fsp3) is 0.389. The molecule has 1 atom stereocenters. The normalized spacial score (nSPS) is 17.4. The van der Waals surface area contributed by atoms with Crippen LogP contribution in [0.3, 0.4) is 0 Å². The van der Waals surface area contributed by atoms with Gasteiger partial charge in [0.2, 0.25) is 0 Å². The zero-order valence-corrected chi connectivity index (χ0v) is 17.9. The topological polar surface area (TPSA) is 84.9 Å². The van der Waals surface area contributed by atoms with Crippen molar-refractivity contribution in [2.45, 2.75) is 24.8 Å². The van der Waals surface area contributed by atoms with Gasteiger partial charge in [-0.05, 0) is 43.0 Å². The molecule has 0 bridgehead atoms. The molecule has 1 saturated heterocycles. The van der Waals surface area contributed by atoms with E-state index in [0.29, 0.717) is 47.5 Å². The minimum atomic E-state index is -3.82. The standard InChI is InChI=1S/C18H21ClN2O5S2/c1-3-25-18(22)21-8-9-26-15(11-21)17-14(7-10-27-17)20-28(23,24)16-6-4-5-13(19)12(16)2/h4-7,10,15,20H,3,8-9,11H2,1-2H3. The molecule has 7 nitrogen and oxygen atoms in total. The summed E-state index contributed by atoms with van der Waals surface area (Å²) in [4.78, 5) is 14.4. The van der Waals surface area contributed by atoms with Gasteiger partial charge in [-0.2, -0.15) is 0 Å². The highest BCUT2D eigenvalue weighted by atomic mass is 35.5. The van der Waals surface area contributed by atoms with Crippen molar-refractivity contribution in [3.05, 3.63) is 45.1 Å². The Hall–Kier alpha value is -1.81. The molecule has 1 amide bonds. The Morgan fingerprint density at radius 3 is 2.96 bits per heavy atom. The van der Waals surface area contributed by atoms with Crippen LogP contribution < -0.4 is 4.72 Å². The highest BCUT2D eigenvalue weighted by Gasteiger charge is 2.30. The van der Waals surface area contributed by atoms with Crippen LogP contribution in [0.4, 0.5) is 10.5 Å². The van der Waals surface area contributed by atoms with Gasteiger partial charge in [0.05, 0.1) is 35.2 Å². The Kier molecular flexibility index (Phi) is 6.49. The summed E-state index contributed by atoms with van der Waals surface area (Å²) in [5, 5.41) is 2.17. The number of benzene rings is 1. The van der Waals surface area contributed by atoms with Crippen molar-refractivity contribution in [2.75, 3.05) is 31.0 Å². The zero-order chi connectivity index (χ0) is 20.3. The lowest BCUT2D eigenvalue weighted by Gasteiger charge is -2.32. The van der Waals surface area contributed by atoms with Gasteiger partial charge in [0.1, 0.15) is 6.10 Å². The van der Waals surface area contributed by atoms with E-state index >= 15 is 0 Å². The van der Waals surface area contributed by atoms with E-state index in [-0.39, 0.29) is 4.90 Å². The van der Waals surface area contributed by atoms with Crippen LogP contribution in [-0.2, 0) is 19.5 Å². The number of nitrogens with one attached hydrogen (secondary N) is 1. The molecule has 1 fully saturated rings. The molecule has 0 saturated carbocycles. The van der Waals surface area contributed by atoms with Gasteiger partial charge in [-0.1, -0.05) is 17.7 Å². The molecule has 0 aliphatic carbocycles. The molecular formula is C18H21ClN2O5S2. The molecule has 28 heavy (non-hydrogen) atoms. The smallest absolute Gasteiger partial charge is 0.409 e. The van der Waals surface area contributed by atoms with Crippen LogP contribution in [0.5, 0.6) is 0 Å². The number of nitrogens with zero attached hydrogens (tertiary/aromatic N) is 1. The first kappa shape index (κ1) is 20.9. The monoisotopic (exact) mass is 444 g/mol. The summed E-state index contributed by atoms with van der Waals surface area (Å²) in [6.45, 7) is 4.78. The number of halogens is 1. The number of morpholine rings is 1. The lowest BCUT2D eigenvalue weighted by Crippen LogP contribution is -2.42. The van der Waals surface area contributed by atoms with Crippen LogP contribution in [-0.4, -0.2) is 45.7 Å². The van der Waals surface area contributed by atoms with E-state index in [9.17, 15) is 13.2 Å². The molecule has 10 heteroatoms. The second-order valence-electron chi connectivity index (χ2n) is 6.17. The molecule has 2 heterocycles. The molecule has 2 aromatic rings. The Morgan fingerprint density at radius 2 is 2.21 bits per heavy atom. The van der Waals surface area contributed by atoms with Gasteiger partial charge < -0.3 is 14.4 Å². The minimum Gasteiger partial charge on any atom is -0.450 e. The molecule has 1 unspecified atom stereocenters. The number of rotatable bonds is 5. The van der Waals surface area contributed by atoms with Crippen LogP contribution in [0, 0.1) is 6.92 Å². The molecule has 1 aliphatic heterocycles. The summed E-state index contributed by atoms with van der Waals surface area (Å²) in [6.07, 6.45) is -0.833. The quantitative estimate of drug-likeness (QED) is 0.752. The van der Waals surface area contributed by atoms with Gasteiger partial charge in [0.25, 0.3) is 10.0 Å². The third-order valence-corrected chi connectivity index (χ3v) is 7.26. The Morgan fingerprint density at radius 1 is 1.43 bits per heavy atom. The highest BCUT2D eigenvalue weighted by Crippen LogP contribution is 2.35. The molecular weight excluding hydrogens is 424 g/mol. The number of thiophene rings is 1. The summed E-state index contributed by atoms with van der Waals surface area (Å²) in [7, 11) is -3.82. The average molecular weight is 445 g/mol. The summed E-state index contributed by atoms with van der Waals surface area (Å²) < 4.78 is 39.2. The Bertz CT molecular complexity index is 961. The van der Waals surface area contributed by atoms with Crippen molar-refractivity contribution in [2.24, 2.45) is 0 Å². The first-order chi connectivity index (χ1) is 13.3. The van der Waals surface area contributed by atoms with Crippen LogP contribution in [0.25, 0.3) is 0 Å². The van der Waals surface area contributed by atoms with E-state index in [1.807, 2.05) is 0 Å². The molecule has 1 aliphatic rings. The Labute approximate surface area is 173 Å². The van der Waals surface area contributed by atoms with E-state index in [4.69, 9.17) is 21.1 Å². The maximum absolute atomic E-state index is 12.9. The maximum Gasteiger partial charge on any atom is 0.409 e. The van der Waals surface area contributed by atoms with Gasteiger partial charge in [-0.15, -0.1) is 11.3 Å². The van der Waals surface area contributed by atoms with Crippen molar-refractivity contribution in [1.82, 2.24) is 4.90 Å². The molecule has 1 aromatic carbocycles. The number of hydrogen-bond acceptors (Lipinski definition) is 6. The molecule has 3 rings (SSSR count). The van der Waals surface area contributed by atoms with E-state index in [1.165, 1.54) is 17.4 Å². The SMILES string of the molecule is CCOC(=O)N1CCOC(c2sccc2NS(=O)(=O)c2cccc(Cl)c2C)C1. The predicted molar refractivity (Wildman–Crippen MR) is 109 cm³/mol. The lowest BCUT2D eigenvalue weighted by molar-refractivity contribution is -0.0260. The molecule has 0 spiro atoms. The second kappa shape index (κ2) is 8.69. The number of sulfonamides is 1. The van der Waals surface area contributed by atoms with Gasteiger partial charge in [0.15, 0.2) is 0 Å². The number of carbonyl (C=O) groups excluding carboxylic acids is 1. The summed E-state index contributed by atoms with van der Waals surface area (Å²) in [6, 6.07) is 6.44. The largest absolute Gasteiger partial charge is 0.450 e. The van der Waals surface area contributed by atoms with Gasteiger partial charge in [-0.25, -0.2) is 13.2 Å². The van der Waals surface area contributed by atoms with Gasteiger partial charge in [0, 0.05) is 11.6 Å². The molecule has 1 aromatic heterocycles. The third-order valence-electron chi connectivity index (χ3n) is 4.33. The minimum absolute atomic E-state index is 0.120. The number of carbonyl (C=O) groups is 1. The van der Waals surface area contributed by atoms with Crippen molar-refractivity contribution in [3.63, 3.8) is 0 Å². The highest BCUT2D eigenvalue weighted by molar-refractivity contribution is 7.92. The fourth-order valence-electron chi connectivity index (χ4n) is 2.92. The molecule has 0 radical (unpaired) electrons. The fourth-order valence-corrected chi connectivity index (χ4v) is 5.46. The van der Waals surface area contributed by atoms with Crippen molar-refractivity contribution < 1.29 is 22.7 Å². The van der Waals surface area contributed by atoms with E-state index in [0.717, 1.165) is 0 Å². The number of anilines is 1. The first-order valence-electron chi connectivity index (χ1n) is 8.72. The Balaban J connectivity index is 1.82.